The Labute approximate surface area is 149 Å². The first-order chi connectivity index (χ1) is 11.0. The minimum Gasteiger partial charge on any atom is -0.378 e. The van der Waals surface area contributed by atoms with Crippen LogP contribution in [-0.4, -0.2) is 14.7 Å². The van der Waals surface area contributed by atoms with E-state index in [-0.39, 0.29) is 6.54 Å². The van der Waals surface area contributed by atoms with Gasteiger partial charge in [0.1, 0.15) is 5.60 Å². The van der Waals surface area contributed by atoms with Crippen molar-refractivity contribution in [1.29, 1.82) is 0 Å². The molecule has 2 aromatic carbocycles. The summed E-state index contributed by atoms with van der Waals surface area (Å²) in [5, 5.41) is 13.0. The van der Waals surface area contributed by atoms with Crippen LogP contribution in [0.4, 0.5) is 0 Å². The molecule has 0 radical (unpaired) electrons. The molecule has 1 atom stereocenters. The van der Waals surface area contributed by atoms with Crippen LogP contribution in [-0.2, 0) is 12.1 Å². The normalized spacial score (nSPS) is 13.7. The van der Waals surface area contributed by atoms with E-state index >= 15 is 0 Å². The van der Waals surface area contributed by atoms with Gasteiger partial charge in [-0.3, -0.25) is 0 Å². The van der Waals surface area contributed by atoms with E-state index in [0.29, 0.717) is 26.2 Å². The summed E-state index contributed by atoms with van der Waals surface area (Å²) in [4.78, 5) is 4.02. The standard InChI is InChI=1S/C17H13Cl3N2O/c18-13-3-1-12(2-4-13)17(23,10-22-8-7-21-11-22)15-6-5-14(19)9-16(15)20/h1-9,11,23H,10H2. The molecule has 3 nitrogen and oxygen atoms in total. The zero-order valence-electron chi connectivity index (χ0n) is 12.0. The quantitative estimate of drug-likeness (QED) is 0.720. The largest absolute Gasteiger partial charge is 0.378 e. The predicted octanol–water partition coefficient (Wildman–Crippen LogP) is 4.78. The van der Waals surface area contributed by atoms with Crippen LogP contribution in [0, 0.1) is 0 Å². The monoisotopic (exact) mass is 366 g/mol. The second-order valence-electron chi connectivity index (χ2n) is 5.23. The van der Waals surface area contributed by atoms with Gasteiger partial charge in [-0.05, 0) is 29.8 Å². The number of aliphatic hydroxyl groups is 1. The molecule has 0 saturated heterocycles. The highest BCUT2D eigenvalue weighted by atomic mass is 35.5. The maximum atomic E-state index is 11.5. The van der Waals surface area contributed by atoms with Crippen molar-refractivity contribution in [1.82, 2.24) is 9.55 Å². The lowest BCUT2D eigenvalue weighted by molar-refractivity contribution is 0.0613. The fourth-order valence-electron chi connectivity index (χ4n) is 2.53. The first-order valence-electron chi connectivity index (χ1n) is 6.89. The lowest BCUT2D eigenvalue weighted by atomic mass is 9.86. The molecule has 0 amide bonds. The highest BCUT2D eigenvalue weighted by molar-refractivity contribution is 6.35. The lowest BCUT2D eigenvalue weighted by Gasteiger charge is -2.30. The van der Waals surface area contributed by atoms with E-state index in [1.165, 1.54) is 0 Å². The first-order valence-corrected chi connectivity index (χ1v) is 8.02. The maximum absolute atomic E-state index is 11.5. The molecule has 23 heavy (non-hydrogen) atoms. The Kier molecular flexibility index (Phi) is 4.64. The molecule has 1 aromatic heterocycles. The lowest BCUT2D eigenvalue weighted by Crippen LogP contribution is -2.33. The summed E-state index contributed by atoms with van der Waals surface area (Å²) in [6.07, 6.45) is 5.08. The van der Waals surface area contributed by atoms with E-state index < -0.39 is 5.60 Å². The topological polar surface area (TPSA) is 38.0 Å². The number of halogens is 3. The van der Waals surface area contributed by atoms with Crippen LogP contribution in [0.25, 0.3) is 0 Å². The molecule has 0 saturated carbocycles. The van der Waals surface area contributed by atoms with Crippen LogP contribution in [0.1, 0.15) is 11.1 Å². The van der Waals surface area contributed by atoms with Gasteiger partial charge in [0.2, 0.25) is 0 Å². The Bertz CT molecular complexity index is 803. The molecule has 1 N–H and O–H groups in total. The number of benzene rings is 2. The highest BCUT2D eigenvalue weighted by Crippen LogP contribution is 2.37. The van der Waals surface area contributed by atoms with Gasteiger partial charge in [-0.1, -0.05) is 53.0 Å². The van der Waals surface area contributed by atoms with Crippen LogP contribution in [0.2, 0.25) is 15.1 Å². The minimum absolute atomic E-state index is 0.260. The molecule has 0 bridgehead atoms. The number of imidazole rings is 1. The molecule has 0 aliphatic heterocycles. The summed E-state index contributed by atoms with van der Waals surface area (Å²) in [7, 11) is 0. The third kappa shape index (κ3) is 3.38. The second kappa shape index (κ2) is 6.54. The molecule has 3 rings (SSSR count). The molecular weight excluding hydrogens is 355 g/mol. The Hall–Kier alpha value is -1.52. The summed E-state index contributed by atoms with van der Waals surface area (Å²) >= 11 is 18.3. The van der Waals surface area contributed by atoms with Crippen LogP contribution >= 0.6 is 34.8 Å². The van der Waals surface area contributed by atoms with Crippen molar-refractivity contribution < 1.29 is 5.11 Å². The van der Waals surface area contributed by atoms with Crippen LogP contribution < -0.4 is 0 Å². The van der Waals surface area contributed by atoms with Crippen molar-refractivity contribution in [3.8, 4) is 0 Å². The van der Waals surface area contributed by atoms with Crippen molar-refractivity contribution in [2.45, 2.75) is 12.1 Å². The van der Waals surface area contributed by atoms with Gasteiger partial charge in [-0.25, -0.2) is 4.98 Å². The molecule has 118 valence electrons. The number of hydrogen-bond acceptors (Lipinski definition) is 2. The summed E-state index contributed by atoms with van der Waals surface area (Å²) in [5.74, 6) is 0. The smallest absolute Gasteiger partial charge is 0.134 e. The van der Waals surface area contributed by atoms with E-state index in [2.05, 4.69) is 4.98 Å². The molecule has 0 spiro atoms. The summed E-state index contributed by atoms with van der Waals surface area (Å²) in [5.41, 5.74) is -0.0909. The van der Waals surface area contributed by atoms with E-state index in [1.807, 2.05) is 0 Å². The van der Waals surface area contributed by atoms with Gasteiger partial charge in [0.05, 0.1) is 12.9 Å². The average Bonchev–Trinajstić information content (AvgIpc) is 3.00. The predicted molar refractivity (Wildman–Crippen MR) is 93.1 cm³/mol. The number of rotatable bonds is 4. The Morgan fingerprint density at radius 3 is 2.30 bits per heavy atom. The molecule has 1 heterocycles. The van der Waals surface area contributed by atoms with E-state index in [9.17, 15) is 5.11 Å². The van der Waals surface area contributed by atoms with Gasteiger partial charge in [0.15, 0.2) is 0 Å². The summed E-state index contributed by atoms with van der Waals surface area (Å²) < 4.78 is 1.79. The van der Waals surface area contributed by atoms with Crippen LogP contribution in [0.3, 0.4) is 0 Å². The van der Waals surface area contributed by atoms with Gasteiger partial charge in [-0.2, -0.15) is 0 Å². The molecular formula is C17H13Cl3N2O. The molecule has 0 aliphatic rings. The number of aromatic nitrogens is 2. The van der Waals surface area contributed by atoms with Crippen molar-refractivity contribution >= 4 is 34.8 Å². The first kappa shape index (κ1) is 16.3. The average molecular weight is 368 g/mol. The maximum Gasteiger partial charge on any atom is 0.134 e. The molecule has 3 aromatic rings. The van der Waals surface area contributed by atoms with Gasteiger partial charge >= 0.3 is 0 Å². The third-order valence-corrected chi connectivity index (χ3v) is 4.47. The minimum atomic E-state index is -1.34. The molecule has 1 unspecified atom stereocenters. The van der Waals surface area contributed by atoms with Gasteiger partial charge in [0, 0.05) is 33.0 Å². The van der Waals surface area contributed by atoms with Crippen LogP contribution in [0.5, 0.6) is 0 Å². The molecule has 0 fully saturated rings. The zero-order chi connectivity index (χ0) is 16.4. The van der Waals surface area contributed by atoms with Crippen molar-refractivity contribution in [2.24, 2.45) is 0 Å². The summed E-state index contributed by atoms with van der Waals surface area (Å²) in [6.45, 7) is 0.260. The number of hydrogen-bond donors (Lipinski definition) is 1. The fourth-order valence-corrected chi connectivity index (χ4v) is 3.22. The van der Waals surface area contributed by atoms with Gasteiger partial charge < -0.3 is 9.67 Å². The number of nitrogens with zero attached hydrogens (tertiary/aromatic N) is 2. The van der Waals surface area contributed by atoms with Crippen molar-refractivity contribution in [3.63, 3.8) is 0 Å². The third-order valence-electron chi connectivity index (χ3n) is 3.67. The second-order valence-corrected chi connectivity index (χ2v) is 6.51. The van der Waals surface area contributed by atoms with E-state index in [1.54, 1.807) is 65.8 Å². The zero-order valence-corrected chi connectivity index (χ0v) is 14.2. The van der Waals surface area contributed by atoms with E-state index in [4.69, 9.17) is 34.8 Å². The van der Waals surface area contributed by atoms with Crippen molar-refractivity contribution in [3.05, 3.63) is 87.4 Å². The van der Waals surface area contributed by atoms with Gasteiger partial charge in [-0.15, -0.1) is 0 Å². The Morgan fingerprint density at radius 1 is 1.00 bits per heavy atom. The van der Waals surface area contributed by atoms with E-state index in [0.717, 1.165) is 0 Å². The van der Waals surface area contributed by atoms with Crippen LogP contribution in [0.15, 0.2) is 61.2 Å². The van der Waals surface area contributed by atoms with Gasteiger partial charge in [0.25, 0.3) is 0 Å². The molecule has 0 aliphatic carbocycles. The Balaban J connectivity index is 2.14. The fraction of sp³-hybridized carbons (Fsp3) is 0.118. The van der Waals surface area contributed by atoms with Crippen molar-refractivity contribution in [2.75, 3.05) is 0 Å². The molecule has 6 heteroatoms. The SMILES string of the molecule is OC(Cn1ccnc1)(c1ccc(Cl)cc1)c1ccc(Cl)cc1Cl. The Morgan fingerprint density at radius 2 is 1.70 bits per heavy atom. The highest BCUT2D eigenvalue weighted by Gasteiger charge is 2.34. The summed E-state index contributed by atoms with van der Waals surface area (Å²) in [6, 6.07) is 12.1.